The Morgan fingerprint density at radius 1 is 0.855 bits per heavy atom. The molecule has 4 aromatic carbocycles. The highest BCUT2D eigenvalue weighted by Crippen LogP contribution is 2.48. The summed E-state index contributed by atoms with van der Waals surface area (Å²) >= 11 is 0. The summed E-state index contributed by atoms with van der Waals surface area (Å²) in [5.74, 6) is 0.0957. The predicted octanol–water partition coefficient (Wildman–Crippen LogP) is 9.39. The van der Waals surface area contributed by atoms with Gasteiger partial charge in [-0.05, 0) is 102 Å². The van der Waals surface area contributed by atoms with Gasteiger partial charge in [0.1, 0.15) is 28.8 Å². The topological polar surface area (TPSA) is 150 Å². The molecule has 62 heavy (non-hydrogen) atoms. The number of aryl methyl sites for hydroxylation is 1. The van der Waals surface area contributed by atoms with E-state index in [0.717, 1.165) is 22.3 Å². The molecule has 5 aromatic rings. The number of amides is 1. The molecule has 328 valence electrons. The summed E-state index contributed by atoms with van der Waals surface area (Å²) in [7, 11) is -0.130. The molecule has 3 unspecified atom stereocenters. The lowest BCUT2D eigenvalue weighted by atomic mass is 9.79. The fourth-order valence-corrected chi connectivity index (χ4v) is 8.64. The minimum atomic E-state index is -1.75. The van der Waals surface area contributed by atoms with E-state index in [9.17, 15) is 19.6 Å². The average Bonchev–Trinajstić information content (AvgIpc) is 3.23. The van der Waals surface area contributed by atoms with Crippen LogP contribution in [0.3, 0.4) is 0 Å². The van der Waals surface area contributed by atoms with Crippen LogP contribution >= 0.6 is 8.53 Å². The molecule has 12 nitrogen and oxygen atoms in total. The largest absolute Gasteiger partial charge is 0.497 e. The second-order valence-corrected chi connectivity index (χ2v) is 18.0. The lowest BCUT2D eigenvalue weighted by Crippen LogP contribution is -2.42. The minimum Gasteiger partial charge on any atom is -0.497 e. The van der Waals surface area contributed by atoms with Gasteiger partial charge in [-0.3, -0.25) is 9.59 Å². The van der Waals surface area contributed by atoms with Crippen LogP contribution in [0.1, 0.15) is 82.7 Å². The first kappa shape index (κ1) is 47.6. The molecule has 0 radical (unpaired) electrons. The van der Waals surface area contributed by atoms with Gasteiger partial charge < -0.3 is 33.0 Å². The standard InChI is InChI=1S/C49H58N3O9P/c1-33(2)52(34(3)4)62(58-27-13-26-50)61-42(31-51-45(53)28-36-29-46(54)60-44-30-41(24-25-43(36)44)59-47(55)48(6,7)8)32-57-49(37-14-11-10-12-15-37,38-18-16-35(5)17-19-38)39-20-22-40(56-9)23-21-39/h10-12,14-25,29-30,33-34,42H,13,27-28,31-32H2,1-9H3,(H,51,53). The van der Waals surface area contributed by atoms with Crippen LogP contribution in [0, 0.1) is 23.7 Å². The number of hydrogen-bond acceptors (Lipinski definition) is 11. The smallest absolute Gasteiger partial charge is 0.336 e. The van der Waals surface area contributed by atoms with Crippen LogP contribution in [0.2, 0.25) is 0 Å². The van der Waals surface area contributed by atoms with E-state index >= 15 is 0 Å². The van der Waals surface area contributed by atoms with E-state index in [2.05, 4.69) is 55.9 Å². The Morgan fingerprint density at radius 2 is 1.47 bits per heavy atom. The van der Waals surface area contributed by atoms with E-state index in [1.165, 1.54) is 12.1 Å². The summed E-state index contributed by atoms with van der Waals surface area (Å²) in [5.41, 5.74) is 1.79. The third-order valence-electron chi connectivity index (χ3n) is 10.0. The van der Waals surface area contributed by atoms with Crippen LogP contribution in [-0.2, 0) is 35.4 Å². The molecule has 1 heterocycles. The first-order valence-electron chi connectivity index (χ1n) is 20.8. The number of esters is 1. The monoisotopic (exact) mass is 863 g/mol. The lowest BCUT2D eigenvalue weighted by Gasteiger charge is -2.39. The zero-order chi connectivity index (χ0) is 45.0. The third kappa shape index (κ3) is 12.2. The normalized spacial score (nSPS) is 13.7. The van der Waals surface area contributed by atoms with E-state index in [1.54, 1.807) is 40.0 Å². The Bertz CT molecular complexity index is 2350. The van der Waals surface area contributed by atoms with E-state index in [1.807, 2.05) is 73.7 Å². The first-order chi connectivity index (χ1) is 29.5. The van der Waals surface area contributed by atoms with Crippen LogP contribution in [0.5, 0.6) is 11.5 Å². The lowest BCUT2D eigenvalue weighted by molar-refractivity contribution is -0.143. The molecule has 13 heteroatoms. The molecule has 0 aliphatic heterocycles. The Hall–Kier alpha value is -5.41. The van der Waals surface area contributed by atoms with Gasteiger partial charge in [0, 0.05) is 36.1 Å². The average molecular weight is 864 g/mol. The molecule has 0 saturated heterocycles. The predicted molar refractivity (Wildman–Crippen MR) is 241 cm³/mol. The fourth-order valence-electron chi connectivity index (χ4n) is 6.95. The zero-order valence-corrected chi connectivity index (χ0v) is 38.0. The van der Waals surface area contributed by atoms with Crippen molar-refractivity contribution in [3.63, 3.8) is 0 Å². The Labute approximate surface area is 366 Å². The van der Waals surface area contributed by atoms with Crippen molar-refractivity contribution in [2.75, 3.05) is 26.9 Å². The number of hydrogen-bond donors (Lipinski definition) is 1. The maximum absolute atomic E-state index is 13.9. The molecule has 0 bridgehead atoms. The second-order valence-electron chi connectivity index (χ2n) is 16.6. The Morgan fingerprint density at radius 3 is 2.06 bits per heavy atom. The Balaban J connectivity index is 1.51. The number of benzene rings is 4. The van der Waals surface area contributed by atoms with Crippen molar-refractivity contribution in [2.24, 2.45) is 5.41 Å². The number of nitrogens with zero attached hydrogens (tertiary/aromatic N) is 2. The van der Waals surface area contributed by atoms with Crippen LogP contribution in [0.4, 0.5) is 0 Å². The second kappa shape index (κ2) is 21.6. The SMILES string of the molecule is COc1ccc(C(OCC(CNC(=O)Cc2cc(=O)oc3cc(OC(=O)C(C)(C)C)ccc23)OP(OCCC#N)N(C(C)C)C(C)C)(c2ccccc2)c2ccc(C)cc2)cc1. The van der Waals surface area contributed by atoms with Crippen molar-refractivity contribution in [1.29, 1.82) is 5.26 Å². The van der Waals surface area contributed by atoms with E-state index < -0.39 is 37.2 Å². The quantitative estimate of drug-likeness (QED) is 0.0199. The number of nitrogens with one attached hydrogen (secondary N) is 1. The molecule has 0 aliphatic rings. The summed E-state index contributed by atoms with van der Waals surface area (Å²) in [4.78, 5) is 39.2. The molecule has 0 aliphatic carbocycles. The van der Waals surface area contributed by atoms with Crippen molar-refractivity contribution in [3.8, 4) is 17.6 Å². The third-order valence-corrected chi connectivity index (χ3v) is 12.2. The van der Waals surface area contributed by atoms with Gasteiger partial charge >= 0.3 is 11.6 Å². The number of rotatable bonds is 20. The molecule has 1 aromatic heterocycles. The molecular formula is C49H58N3O9P. The summed E-state index contributed by atoms with van der Waals surface area (Å²) in [6.45, 7) is 15.6. The van der Waals surface area contributed by atoms with Crippen molar-refractivity contribution >= 4 is 31.4 Å². The maximum Gasteiger partial charge on any atom is 0.336 e. The van der Waals surface area contributed by atoms with E-state index in [0.29, 0.717) is 16.7 Å². The first-order valence-corrected chi connectivity index (χ1v) is 21.9. The van der Waals surface area contributed by atoms with Gasteiger partial charge in [0.2, 0.25) is 5.91 Å². The highest BCUT2D eigenvalue weighted by Gasteiger charge is 2.40. The number of fused-ring (bicyclic) bond motifs is 1. The summed E-state index contributed by atoms with van der Waals surface area (Å²) in [6.07, 6.45) is -0.750. The molecular weight excluding hydrogens is 806 g/mol. The molecule has 1 N–H and O–H groups in total. The molecule has 3 atom stereocenters. The van der Waals surface area contributed by atoms with Crippen molar-refractivity contribution in [1.82, 2.24) is 9.99 Å². The number of carbonyl (C=O) groups excluding carboxylic acids is 2. The zero-order valence-electron chi connectivity index (χ0n) is 37.1. The highest BCUT2D eigenvalue weighted by atomic mass is 31.2. The van der Waals surface area contributed by atoms with Gasteiger partial charge in [-0.2, -0.15) is 5.26 Å². The minimum absolute atomic E-state index is 0.00648. The molecule has 0 spiro atoms. The van der Waals surface area contributed by atoms with Gasteiger partial charge in [0.25, 0.3) is 8.53 Å². The summed E-state index contributed by atoms with van der Waals surface area (Å²) in [6, 6.07) is 34.1. The molecule has 1 amide bonds. The van der Waals surface area contributed by atoms with E-state index in [4.69, 9.17) is 27.7 Å². The van der Waals surface area contributed by atoms with Gasteiger partial charge in [-0.15, -0.1) is 0 Å². The van der Waals surface area contributed by atoms with Crippen LogP contribution in [-0.4, -0.2) is 61.6 Å². The van der Waals surface area contributed by atoms with Crippen molar-refractivity contribution in [3.05, 3.63) is 141 Å². The van der Waals surface area contributed by atoms with Crippen LogP contribution < -0.4 is 20.4 Å². The number of ether oxygens (including phenoxy) is 3. The number of nitriles is 1. The molecule has 0 fully saturated rings. The van der Waals surface area contributed by atoms with Gasteiger partial charge in [-0.25, -0.2) is 9.46 Å². The van der Waals surface area contributed by atoms with Crippen LogP contribution in [0.15, 0.2) is 112 Å². The van der Waals surface area contributed by atoms with Crippen LogP contribution in [0.25, 0.3) is 11.0 Å². The van der Waals surface area contributed by atoms with Gasteiger partial charge in [0.05, 0.1) is 44.6 Å². The molecule has 0 saturated carbocycles. The maximum atomic E-state index is 13.9. The van der Waals surface area contributed by atoms with Crippen molar-refractivity contribution in [2.45, 2.75) is 92.0 Å². The van der Waals surface area contributed by atoms with Crippen molar-refractivity contribution < 1.29 is 37.3 Å². The van der Waals surface area contributed by atoms with Gasteiger partial charge in [-0.1, -0.05) is 72.3 Å². The Kier molecular flexibility index (Phi) is 16.6. The van der Waals surface area contributed by atoms with Gasteiger partial charge in [0.15, 0.2) is 0 Å². The number of methoxy groups -OCH3 is 1. The van der Waals surface area contributed by atoms with E-state index in [-0.39, 0.29) is 61.9 Å². The summed E-state index contributed by atoms with van der Waals surface area (Å²) < 4.78 is 39.1. The molecule has 5 rings (SSSR count). The summed E-state index contributed by atoms with van der Waals surface area (Å²) in [5, 5.41) is 13.0. The fraction of sp³-hybridized carbons (Fsp3) is 0.388. The number of carbonyl (C=O) groups is 2. The highest BCUT2D eigenvalue weighted by molar-refractivity contribution is 7.44.